The lowest BCUT2D eigenvalue weighted by atomic mass is 9.97. The van der Waals surface area contributed by atoms with E-state index in [0.717, 1.165) is 89.9 Å². The van der Waals surface area contributed by atoms with Gasteiger partial charge in [0.25, 0.3) is 0 Å². The molecule has 2 atom stereocenters. The topological polar surface area (TPSA) is 150 Å². The Morgan fingerprint density at radius 2 is 1.10 bits per heavy atom. The molecule has 0 aromatic heterocycles. The Kier molecular flexibility index (Phi) is 31.1. The minimum Gasteiger partial charge on any atom is -0.783 e. The first-order valence-corrected chi connectivity index (χ1v) is 25.4. The van der Waals surface area contributed by atoms with E-state index in [2.05, 4.69) is 13.8 Å². The molecular formula is C46H90N2O10P. The summed E-state index contributed by atoms with van der Waals surface area (Å²) in [5.41, 5.74) is -1.04. The third-order valence-corrected chi connectivity index (χ3v) is 12.2. The molecule has 0 saturated carbocycles. The van der Waals surface area contributed by atoms with Gasteiger partial charge in [-0.25, -0.2) is 0 Å². The van der Waals surface area contributed by atoms with E-state index in [1.165, 1.54) is 82.1 Å². The van der Waals surface area contributed by atoms with Crippen molar-refractivity contribution in [2.75, 3.05) is 54.1 Å². The number of likely N-dealkylation sites (N-methyl/N-ethyl adjacent to an activating group) is 1. The minimum absolute atomic E-state index is 0.0420. The normalized spacial score (nSPS) is 18.5. The molecule has 0 N–H and O–H groups in total. The SMILES string of the molecule is CCCCCCCCCCCCCCCC(=O)OC[C@H](CO[P+]([O])([O-])OCC[N+](C)(C)C)OC(=O)CCCCCCCCCCCCC1(CCCC)OC(C)(C)CN1[O-]. The summed E-state index contributed by atoms with van der Waals surface area (Å²) < 4.78 is 27.9. The number of quaternary nitrogens is 1. The van der Waals surface area contributed by atoms with E-state index < -0.39 is 38.5 Å². The smallest absolute Gasteiger partial charge is 0.426 e. The van der Waals surface area contributed by atoms with Crippen molar-refractivity contribution in [1.82, 2.24) is 5.06 Å². The number of nitrogens with zero attached hydrogens (tertiary/aromatic N) is 2. The molecule has 0 aromatic carbocycles. The Labute approximate surface area is 362 Å². The van der Waals surface area contributed by atoms with Crippen LogP contribution in [0.25, 0.3) is 0 Å². The van der Waals surface area contributed by atoms with Crippen LogP contribution in [0.2, 0.25) is 0 Å². The van der Waals surface area contributed by atoms with Crippen molar-refractivity contribution in [1.29, 1.82) is 0 Å². The molecule has 0 amide bonds. The molecular weight excluding hydrogens is 771 g/mol. The van der Waals surface area contributed by atoms with Crippen molar-refractivity contribution in [3.8, 4) is 0 Å². The summed E-state index contributed by atoms with van der Waals surface area (Å²) in [7, 11) is 1.13. The number of esters is 2. The fourth-order valence-electron chi connectivity index (χ4n) is 7.65. The summed E-state index contributed by atoms with van der Waals surface area (Å²) in [6, 6.07) is 0. The maximum atomic E-state index is 12.8. The quantitative estimate of drug-likeness (QED) is 0.0252. The van der Waals surface area contributed by atoms with Crippen molar-refractivity contribution in [2.45, 2.75) is 231 Å². The van der Waals surface area contributed by atoms with Gasteiger partial charge in [-0.1, -0.05) is 149 Å². The number of ether oxygens (including phenoxy) is 3. The summed E-state index contributed by atoms with van der Waals surface area (Å²) in [6.07, 6.45) is 29.3. The third-order valence-electron chi connectivity index (χ3n) is 11.2. The van der Waals surface area contributed by atoms with Crippen molar-refractivity contribution < 1.29 is 47.1 Å². The first kappa shape index (κ1) is 56.1. The Morgan fingerprint density at radius 3 is 1.56 bits per heavy atom. The largest absolute Gasteiger partial charge is 0.783 e. The molecule has 1 saturated heterocycles. The van der Waals surface area contributed by atoms with Gasteiger partial charge in [0.15, 0.2) is 6.10 Å². The van der Waals surface area contributed by atoms with Crippen LogP contribution >= 0.6 is 8.17 Å². The summed E-state index contributed by atoms with van der Waals surface area (Å²) in [5.74, 6) is -0.867. The average Bonchev–Trinajstić information content (AvgIpc) is 3.40. The summed E-state index contributed by atoms with van der Waals surface area (Å²) >= 11 is 0. The van der Waals surface area contributed by atoms with E-state index in [4.69, 9.17) is 23.3 Å². The zero-order chi connectivity index (χ0) is 43.9. The number of hydroxylamine groups is 2. The maximum Gasteiger partial charge on any atom is 0.426 e. The van der Waals surface area contributed by atoms with Crippen LogP contribution in [0.1, 0.15) is 214 Å². The van der Waals surface area contributed by atoms with Crippen LogP contribution in [0, 0.1) is 5.21 Å². The molecule has 0 aliphatic carbocycles. The van der Waals surface area contributed by atoms with Gasteiger partial charge in [0.1, 0.15) is 32.1 Å². The Hall–Kier alpha value is -0.950. The molecule has 1 aliphatic heterocycles. The molecule has 0 aromatic rings. The second-order valence-electron chi connectivity index (χ2n) is 18.9. The Bertz CT molecular complexity index is 1060. The molecule has 59 heavy (non-hydrogen) atoms. The first-order valence-electron chi connectivity index (χ1n) is 23.9. The number of rotatable bonds is 40. The van der Waals surface area contributed by atoms with Crippen molar-refractivity contribution in [2.24, 2.45) is 0 Å². The summed E-state index contributed by atoms with van der Waals surface area (Å²) in [6.45, 7) is 8.52. The first-order chi connectivity index (χ1) is 28.0. The van der Waals surface area contributed by atoms with Crippen LogP contribution in [0.3, 0.4) is 0 Å². The molecule has 12 nitrogen and oxygen atoms in total. The van der Waals surface area contributed by atoms with Gasteiger partial charge in [-0.15, -0.1) is 0 Å². The van der Waals surface area contributed by atoms with E-state index in [1.54, 1.807) is 0 Å². The van der Waals surface area contributed by atoms with Crippen LogP contribution in [0.5, 0.6) is 0 Å². The highest BCUT2D eigenvalue weighted by molar-refractivity contribution is 7.52. The third kappa shape index (κ3) is 30.7. The molecule has 1 heterocycles. The van der Waals surface area contributed by atoms with Crippen LogP contribution in [0.15, 0.2) is 0 Å². The minimum atomic E-state index is -4.64. The van der Waals surface area contributed by atoms with Gasteiger partial charge < -0.3 is 33.9 Å². The molecule has 1 radical (unpaired) electrons. The molecule has 0 spiro atoms. The van der Waals surface area contributed by atoms with Crippen molar-refractivity contribution >= 4 is 20.1 Å². The highest BCUT2D eigenvalue weighted by Gasteiger charge is 2.44. The van der Waals surface area contributed by atoms with Gasteiger partial charge >= 0.3 is 20.1 Å². The number of hydrogen-bond donors (Lipinski definition) is 0. The van der Waals surface area contributed by atoms with Crippen LogP contribution in [0.4, 0.5) is 0 Å². The second kappa shape index (κ2) is 32.7. The Morgan fingerprint density at radius 1 is 0.661 bits per heavy atom. The predicted octanol–water partition coefficient (Wildman–Crippen LogP) is 11.3. The van der Waals surface area contributed by atoms with E-state index >= 15 is 0 Å². The second-order valence-corrected chi connectivity index (χ2v) is 20.3. The van der Waals surface area contributed by atoms with Gasteiger partial charge in [0.05, 0.1) is 26.7 Å². The maximum absolute atomic E-state index is 12.8. The molecule has 13 heteroatoms. The molecule has 0 bridgehead atoms. The van der Waals surface area contributed by atoms with E-state index in [9.17, 15) is 24.6 Å². The zero-order valence-corrected chi connectivity index (χ0v) is 39.9. The predicted molar refractivity (Wildman–Crippen MR) is 236 cm³/mol. The highest BCUT2D eigenvalue weighted by Crippen LogP contribution is 2.49. The van der Waals surface area contributed by atoms with Crippen molar-refractivity contribution in [3.63, 3.8) is 0 Å². The molecule has 1 aliphatic rings. The number of unbranched alkanes of at least 4 members (excludes halogenated alkanes) is 22. The Balaban J connectivity index is 2.31. The van der Waals surface area contributed by atoms with Crippen LogP contribution in [-0.4, -0.2) is 93.0 Å². The lowest BCUT2D eigenvalue weighted by Gasteiger charge is -2.42. The van der Waals surface area contributed by atoms with Gasteiger partial charge in [-0.3, -0.25) is 9.59 Å². The molecule has 349 valence electrons. The van der Waals surface area contributed by atoms with E-state index in [0.29, 0.717) is 24.0 Å². The number of carbonyl (C=O) groups excluding carboxylic acids is 2. The number of hydrogen-bond acceptors (Lipinski definition) is 10. The fourth-order valence-corrected chi connectivity index (χ4v) is 8.37. The van der Waals surface area contributed by atoms with Gasteiger partial charge in [-0.2, -0.15) is 9.05 Å². The monoisotopic (exact) mass is 862 g/mol. The molecule has 1 fully saturated rings. The average molecular weight is 862 g/mol. The van der Waals surface area contributed by atoms with E-state index in [-0.39, 0.29) is 31.7 Å². The van der Waals surface area contributed by atoms with Gasteiger partial charge in [0, 0.05) is 24.3 Å². The van der Waals surface area contributed by atoms with Crippen LogP contribution in [-0.2, 0) is 37.7 Å². The van der Waals surface area contributed by atoms with Gasteiger partial charge in [-0.05, 0) is 52.4 Å². The van der Waals surface area contributed by atoms with Crippen LogP contribution < -0.4 is 4.89 Å². The molecule has 1 rings (SSSR count). The highest BCUT2D eigenvalue weighted by atomic mass is 31.2. The summed E-state index contributed by atoms with van der Waals surface area (Å²) in [4.78, 5) is 50.1. The lowest BCUT2D eigenvalue weighted by Crippen LogP contribution is -2.41. The van der Waals surface area contributed by atoms with Crippen molar-refractivity contribution in [3.05, 3.63) is 5.21 Å². The summed E-state index contributed by atoms with van der Waals surface area (Å²) in [5, 5.41) is 14.0. The lowest BCUT2D eigenvalue weighted by molar-refractivity contribution is -0.870. The van der Waals surface area contributed by atoms with E-state index in [1.807, 2.05) is 35.0 Å². The zero-order valence-electron chi connectivity index (χ0n) is 39.0. The van der Waals surface area contributed by atoms with Gasteiger partial charge in [0.2, 0.25) is 0 Å². The fraction of sp³-hybridized carbons (Fsp3) is 0.957. The molecule has 1 unspecified atom stereocenters. The number of carbonyl (C=O) groups is 2. The standard InChI is InChI=1S/C46H90N2O10P/c1-8-10-12-13-14-15-16-17-18-21-24-27-30-33-43(49)54-39-42(40-56-59(52,53)55-38-37-48(5,6)7)57-44(50)34-31-28-25-22-19-20-23-26-29-32-36-46(35-11-9-2)47(51)41-45(3,4)58-46/h42H,8-41H2,1-7H3/t42-,46?/m1/s1.